The molecule has 0 atom stereocenters. The average Bonchev–Trinajstić information content (AvgIpc) is 3.14. The van der Waals surface area contributed by atoms with Crippen LogP contribution in [0.3, 0.4) is 0 Å². The molecule has 1 saturated carbocycles. The highest BCUT2D eigenvalue weighted by molar-refractivity contribution is 5.64. The van der Waals surface area contributed by atoms with Gasteiger partial charge in [0, 0.05) is 17.7 Å². The Labute approximate surface area is 155 Å². The Balaban J connectivity index is 1.43. The van der Waals surface area contributed by atoms with Crippen molar-refractivity contribution in [1.29, 1.82) is 0 Å². The molecule has 4 rings (SSSR count). The monoisotopic (exact) mass is 378 g/mol. The first kappa shape index (κ1) is 18.0. The molecule has 0 bridgehead atoms. The fourth-order valence-electron chi connectivity index (χ4n) is 3.38. The number of aromatic nitrogens is 3. The fourth-order valence-corrected chi connectivity index (χ4v) is 3.38. The summed E-state index contributed by atoms with van der Waals surface area (Å²) in [5.41, 5.74) is 9.42. The summed E-state index contributed by atoms with van der Waals surface area (Å²) in [5, 5.41) is 4.49. The Kier molecular flexibility index (Phi) is 4.46. The lowest BCUT2D eigenvalue weighted by Gasteiger charge is -2.17. The summed E-state index contributed by atoms with van der Waals surface area (Å²) < 4.78 is 42.4. The average molecular weight is 378 g/mol. The standard InChI is InChI=1S/C19H21F3N4O/c20-19(21,22)27-16-7-5-15(6-8-16)26-12-24-17(25-26)14-3-1-13(2-4-14)11-18(23)9-10-18/h1,3,5,7,12H,2,4,6,8-11,23H2. The lowest BCUT2D eigenvalue weighted by molar-refractivity contribution is -0.306. The Morgan fingerprint density at radius 2 is 1.89 bits per heavy atom. The van der Waals surface area contributed by atoms with E-state index < -0.39 is 6.36 Å². The Morgan fingerprint density at radius 1 is 1.07 bits per heavy atom. The highest BCUT2D eigenvalue weighted by atomic mass is 19.4. The fraction of sp³-hybridized carbons (Fsp3) is 0.474. The van der Waals surface area contributed by atoms with Crippen molar-refractivity contribution < 1.29 is 17.9 Å². The van der Waals surface area contributed by atoms with E-state index in [9.17, 15) is 13.2 Å². The van der Waals surface area contributed by atoms with Crippen LogP contribution in [0.4, 0.5) is 13.2 Å². The number of rotatable bonds is 5. The first-order valence-corrected chi connectivity index (χ1v) is 9.05. The van der Waals surface area contributed by atoms with Gasteiger partial charge in [0.25, 0.3) is 0 Å². The quantitative estimate of drug-likeness (QED) is 0.829. The molecule has 0 aliphatic heterocycles. The molecule has 2 N–H and O–H groups in total. The van der Waals surface area contributed by atoms with E-state index in [1.54, 1.807) is 17.1 Å². The van der Waals surface area contributed by atoms with Crippen LogP contribution in [-0.4, -0.2) is 26.7 Å². The van der Waals surface area contributed by atoms with Crippen molar-refractivity contribution in [1.82, 2.24) is 14.8 Å². The van der Waals surface area contributed by atoms with E-state index in [1.807, 2.05) is 0 Å². The molecule has 8 heteroatoms. The second kappa shape index (κ2) is 6.67. The number of ether oxygens (including phenoxy) is 1. The molecule has 0 unspecified atom stereocenters. The molecule has 3 aliphatic rings. The van der Waals surface area contributed by atoms with Crippen molar-refractivity contribution in [3.63, 3.8) is 0 Å². The van der Waals surface area contributed by atoms with Gasteiger partial charge in [-0.25, -0.2) is 9.67 Å². The zero-order valence-corrected chi connectivity index (χ0v) is 14.8. The van der Waals surface area contributed by atoms with Crippen LogP contribution < -0.4 is 5.73 Å². The van der Waals surface area contributed by atoms with Gasteiger partial charge in [0.05, 0.1) is 0 Å². The van der Waals surface area contributed by atoms with E-state index in [-0.39, 0.29) is 17.7 Å². The van der Waals surface area contributed by atoms with Crippen molar-refractivity contribution in [2.75, 3.05) is 0 Å². The Hall–Kier alpha value is -2.35. The molecule has 27 heavy (non-hydrogen) atoms. The molecule has 5 nitrogen and oxygen atoms in total. The molecular formula is C19H21F3N4O. The normalized spacial score (nSPS) is 21.8. The second-order valence-electron chi connectivity index (χ2n) is 7.41. The predicted octanol–water partition coefficient (Wildman–Crippen LogP) is 4.32. The Morgan fingerprint density at radius 3 is 2.48 bits per heavy atom. The summed E-state index contributed by atoms with van der Waals surface area (Å²) in [7, 11) is 0. The number of halogens is 3. The van der Waals surface area contributed by atoms with Crippen LogP contribution in [-0.2, 0) is 4.74 Å². The van der Waals surface area contributed by atoms with Crippen LogP contribution in [0.2, 0.25) is 0 Å². The third-order valence-electron chi connectivity index (χ3n) is 5.12. The van der Waals surface area contributed by atoms with Gasteiger partial charge in [-0.15, -0.1) is 18.3 Å². The molecule has 0 amide bonds. The minimum atomic E-state index is -4.65. The highest BCUT2D eigenvalue weighted by Crippen LogP contribution is 2.40. The van der Waals surface area contributed by atoms with Crippen LogP contribution in [0.15, 0.2) is 42.0 Å². The van der Waals surface area contributed by atoms with Crippen LogP contribution in [0.25, 0.3) is 11.3 Å². The van der Waals surface area contributed by atoms with Crippen LogP contribution in [0, 0.1) is 0 Å². The summed E-state index contributed by atoms with van der Waals surface area (Å²) in [5.74, 6) is 0.564. The number of hydrogen-bond donors (Lipinski definition) is 1. The molecule has 0 saturated heterocycles. The van der Waals surface area contributed by atoms with Gasteiger partial charge in [0.15, 0.2) is 5.82 Å². The molecule has 0 spiro atoms. The summed E-state index contributed by atoms with van der Waals surface area (Å²) in [6.45, 7) is 0. The number of allylic oxidation sites excluding steroid dienone is 7. The van der Waals surface area contributed by atoms with E-state index in [1.165, 1.54) is 11.6 Å². The van der Waals surface area contributed by atoms with E-state index in [0.29, 0.717) is 12.2 Å². The van der Waals surface area contributed by atoms with Crippen LogP contribution in [0.5, 0.6) is 0 Å². The molecule has 0 radical (unpaired) electrons. The SMILES string of the molecule is NC1(CC2=CC=C(c3ncn(C4=CC=C(OC(F)(F)F)CC4)n3)CC2)CC1. The second-order valence-corrected chi connectivity index (χ2v) is 7.41. The molecule has 3 aliphatic carbocycles. The molecule has 1 aromatic heterocycles. The molecule has 0 aromatic carbocycles. The van der Waals surface area contributed by atoms with Crippen molar-refractivity contribution in [2.24, 2.45) is 5.73 Å². The molecule has 1 heterocycles. The summed E-state index contributed by atoms with van der Waals surface area (Å²) >= 11 is 0. The smallest absolute Gasteiger partial charge is 0.410 e. The van der Waals surface area contributed by atoms with Gasteiger partial charge < -0.3 is 10.5 Å². The highest BCUT2D eigenvalue weighted by Gasteiger charge is 2.38. The third kappa shape index (κ3) is 4.50. The van der Waals surface area contributed by atoms with Crippen molar-refractivity contribution in [2.45, 2.75) is 56.8 Å². The third-order valence-corrected chi connectivity index (χ3v) is 5.12. The van der Waals surface area contributed by atoms with E-state index in [4.69, 9.17) is 5.73 Å². The number of alkyl halides is 3. The van der Waals surface area contributed by atoms with Crippen LogP contribution in [0.1, 0.15) is 50.8 Å². The largest absolute Gasteiger partial charge is 0.572 e. The first-order chi connectivity index (χ1) is 12.8. The van der Waals surface area contributed by atoms with Gasteiger partial charge in [-0.2, -0.15) is 0 Å². The van der Waals surface area contributed by atoms with Gasteiger partial charge in [-0.1, -0.05) is 17.7 Å². The van der Waals surface area contributed by atoms with Gasteiger partial charge in [-0.05, 0) is 56.3 Å². The molecular weight excluding hydrogens is 357 g/mol. The number of hydrogen-bond acceptors (Lipinski definition) is 4. The van der Waals surface area contributed by atoms with E-state index in [0.717, 1.165) is 43.4 Å². The summed E-state index contributed by atoms with van der Waals surface area (Å²) in [6, 6.07) is 0. The van der Waals surface area contributed by atoms with E-state index >= 15 is 0 Å². The van der Waals surface area contributed by atoms with Crippen molar-refractivity contribution >= 4 is 11.3 Å². The summed E-state index contributed by atoms with van der Waals surface area (Å²) in [6.07, 6.45) is 9.63. The van der Waals surface area contributed by atoms with Gasteiger partial charge in [-0.3, -0.25) is 0 Å². The van der Waals surface area contributed by atoms with Gasteiger partial charge in [0.2, 0.25) is 0 Å². The minimum Gasteiger partial charge on any atom is -0.410 e. The van der Waals surface area contributed by atoms with Crippen molar-refractivity contribution in [3.05, 3.63) is 47.8 Å². The summed E-state index contributed by atoms with van der Waals surface area (Å²) in [4.78, 5) is 4.36. The van der Waals surface area contributed by atoms with Gasteiger partial charge >= 0.3 is 6.36 Å². The maximum atomic E-state index is 12.3. The first-order valence-electron chi connectivity index (χ1n) is 9.05. The predicted molar refractivity (Wildman–Crippen MR) is 94.8 cm³/mol. The zero-order chi connectivity index (χ0) is 19.1. The topological polar surface area (TPSA) is 66.0 Å². The number of nitrogens with zero attached hydrogens (tertiary/aromatic N) is 3. The van der Waals surface area contributed by atoms with Crippen LogP contribution >= 0.6 is 0 Å². The Bertz CT molecular complexity index is 799. The van der Waals surface area contributed by atoms with E-state index in [2.05, 4.69) is 27.0 Å². The molecule has 144 valence electrons. The van der Waals surface area contributed by atoms with Gasteiger partial charge in [0.1, 0.15) is 12.1 Å². The maximum Gasteiger partial charge on any atom is 0.572 e. The minimum absolute atomic E-state index is 0.0205. The van der Waals surface area contributed by atoms with Crippen molar-refractivity contribution in [3.8, 4) is 0 Å². The molecule has 1 fully saturated rings. The zero-order valence-electron chi connectivity index (χ0n) is 14.8. The molecule has 1 aromatic rings. The lowest BCUT2D eigenvalue weighted by atomic mass is 9.93. The maximum absolute atomic E-state index is 12.3. The number of nitrogens with two attached hydrogens (primary N) is 1. The lowest BCUT2D eigenvalue weighted by Crippen LogP contribution is -2.22.